The molecule has 1 aliphatic rings. The second-order valence-electron chi connectivity index (χ2n) is 6.16. The monoisotopic (exact) mass is 258 g/mol. The average molecular weight is 258 g/mol. The van der Waals surface area contributed by atoms with Crippen LogP contribution in [0.25, 0.3) is 10.9 Å². The van der Waals surface area contributed by atoms with E-state index in [0.29, 0.717) is 6.04 Å². The number of aromatic amines is 1. The van der Waals surface area contributed by atoms with Gasteiger partial charge < -0.3 is 11.1 Å². The summed E-state index contributed by atoms with van der Waals surface area (Å²) in [6.45, 7) is 4.68. The van der Waals surface area contributed by atoms with E-state index in [0.717, 1.165) is 34.1 Å². The van der Waals surface area contributed by atoms with Crippen LogP contribution in [-0.4, -0.2) is 16.2 Å². The summed E-state index contributed by atoms with van der Waals surface area (Å²) in [6, 6.07) is 4.58. The van der Waals surface area contributed by atoms with E-state index in [4.69, 9.17) is 5.73 Å². The topological polar surface area (TPSA) is 66.7 Å². The lowest BCUT2D eigenvalue weighted by Crippen LogP contribution is -2.30. The van der Waals surface area contributed by atoms with Crippen molar-refractivity contribution >= 4 is 22.3 Å². The molecule has 4 N–H and O–H groups in total. The molecule has 3 rings (SSSR count). The minimum absolute atomic E-state index is 0.529. The van der Waals surface area contributed by atoms with Crippen molar-refractivity contribution in [1.29, 1.82) is 0 Å². The van der Waals surface area contributed by atoms with Crippen molar-refractivity contribution in [2.24, 2.45) is 11.8 Å². The van der Waals surface area contributed by atoms with Gasteiger partial charge in [0.15, 0.2) is 0 Å². The van der Waals surface area contributed by atoms with E-state index >= 15 is 0 Å². The summed E-state index contributed by atoms with van der Waals surface area (Å²) in [5.41, 5.74) is 9.00. The van der Waals surface area contributed by atoms with Gasteiger partial charge in [0.05, 0.1) is 23.1 Å². The molecule has 1 fully saturated rings. The summed E-state index contributed by atoms with van der Waals surface area (Å²) in [4.78, 5) is 0. The third kappa shape index (κ3) is 2.53. The van der Waals surface area contributed by atoms with Gasteiger partial charge in [-0.15, -0.1) is 0 Å². The van der Waals surface area contributed by atoms with Crippen molar-refractivity contribution in [3.8, 4) is 0 Å². The fourth-order valence-electron chi connectivity index (χ4n) is 3.42. The first-order valence-corrected chi connectivity index (χ1v) is 7.11. The second kappa shape index (κ2) is 4.76. The molecule has 0 spiro atoms. The first-order chi connectivity index (χ1) is 9.11. The summed E-state index contributed by atoms with van der Waals surface area (Å²) >= 11 is 0. The number of nitrogens with two attached hydrogens (primary N) is 1. The van der Waals surface area contributed by atoms with Crippen molar-refractivity contribution < 1.29 is 0 Å². The van der Waals surface area contributed by atoms with Crippen LogP contribution in [0.5, 0.6) is 0 Å². The third-order valence-electron chi connectivity index (χ3n) is 4.15. The van der Waals surface area contributed by atoms with Crippen molar-refractivity contribution in [2.45, 2.75) is 39.2 Å². The molecule has 1 saturated carbocycles. The molecule has 0 radical (unpaired) electrons. The average Bonchev–Trinajstić information content (AvgIpc) is 2.75. The minimum atomic E-state index is 0.529. The van der Waals surface area contributed by atoms with Crippen LogP contribution in [0.2, 0.25) is 0 Å². The Kier molecular flexibility index (Phi) is 3.09. The molecule has 102 valence electrons. The van der Waals surface area contributed by atoms with Crippen LogP contribution >= 0.6 is 0 Å². The predicted octanol–water partition coefficient (Wildman–Crippen LogP) is 3.38. The van der Waals surface area contributed by atoms with Gasteiger partial charge in [-0.3, -0.25) is 5.10 Å². The zero-order chi connectivity index (χ0) is 13.4. The SMILES string of the molecule is CC1CC(C)CC(Nc2cc3[nH]ncc3cc2N)C1. The van der Waals surface area contributed by atoms with Gasteiger partial charge in [0, 0.05) is 11.4 Å². The number of nitrogen functional groups attached to an aromatic ring is 1. The zero-order valence-corrected chi connectivity index (χ0v) is 11.6. The lowest BCUT2D eigenvalue weighted by atomic mass is 9.80. The normalized spacial score (nSPS) is 27.6. The van der Waals surface area contributed by atoms with E-state index in [1.54, 1.807) is 6.20 Å². The zero-order valence-electron chi connectivity index (χ0n) is 11.6. The molecule has 4 heteroatoms. The molecule has 0 bridgehead atoms. The van der Waals surface area contributed by atoms with E-state index in [2.05, 4.69) is 35.4 Å². The van der Waals surface area contributed by atoms with E-state index in [1.807, 2.05) is 6.07 Å². The molecule has 2 aromatic rings. The molecule has 2 unspecified atom stereocenters. The number of rotatable bonds is 2. The molecule has 1 aliphatic carbocycles. The van der Waals surface area contributed by atoms with Gasteiger partial charge in [0.25, 0.3) is 0 Å². The summed E-state index contributed by atoms with van der Waals surface area (Å²) in [7, 11) is 0. The smallest absolute Gasteiger partial charge is 0.0672 e. The number of hydrogen-bond donors (Lipinski definition) is 3. The molecule has 19 heavy (non-hydrogen) atoms. The molecule has 0 aliphatic heterocycles. The van der Waals surface area contributed by atoms with Crippen LogP contribution in [0.15, 0.2) is 18.3 Å². The van der Waals surface area contributed by atoms with Crippen LogP contribution in [-0.2, 0) is 0 Å². The number of nitrogens with zero attached hydrogens (tertiary/aromatic N) is 1. The molecule has 2 atom stereocenters. The number of benzene rings is 1. The Bertz CT molecular complexity index is 565. The highest BCUT2D eigenvalue weighted by atomic mass is 15.1. The largest absolute Gasteiger partial charge is 0.397 e. The number of aromatic nitrogens is 2. The maximum absolute atomic E-state index is 6.13. The van der Waals surface area contributed by atoms with Gasteiger partial charge in [-0.1, -0.05) is 13.8 Å². The quantitative estimate of drug-likeness (QED) is 0.723. The Morgan fingerprint density at radius 2 is 1.95 bits per heavy atom. The highest BCUT2D eigenvalue weighted by Gasteiger charge is 2.24. The molecule has 1 heterocycles. The number of H-pyrrole nitrogens is 1. The van der Waals surface area contributed by atoms with Gasteiger partial charge in [-0.25, -0.2) is 0 Å². The number of hydrogen-bond acceptors (Lipinski definition) is 3. The predicted molar refractivity (Wildman–Crippen MR) is 80.1 cm³/mol. The van der Waals surface area contributed by atoms with Crippen molar-refractivity contribution in [3.63, 3.8) is 0 Å². The van der Waals surface area contributed by atoms with Crippen LogP contribution in [0.3, 0.4) is 0 Å². The molecule has 4 nitrogen and oxygen atoms in total. The highest BCUT2D eigenvalue weighted by molar-refractivity contribution is 5.88. The Morgan fingerprint density at radius 1 is 1.21 bits per heavy atom. The second-order valence-corrected chi connectivity index (χ2v) is 6.16. The molecule has 1 aromatic carbocycles. The Labute approximate surface area is 113 Å². The number of nitrogens with one attached hydrogen (secondary N) is 2. The number of fused-ring (bicyclic) bond motifs is 1. The lowest BCUT2D eigenvalue weighted by Gasteiger charge is -2.32. The molecular formula is C15H22N4. The summed E-state index contributed by atoms with van der Waals surface area (Å²) < 4.78 is 0. The van der Waals surface area contributed by atoms with Crippen LogP contribution in [0, 0.1) is 11.8 Å². The van der Waals surface area contributed by atoms with Crippen LogP contribution in [0.1, 0.15) is 33.1 Å². The van der Waals surface area contributed by atoms with Gasteiger partial charge in [0.1, 0.15) is 0 Å². The molecular weight excluding hydrogens is 236 g/mol. The fraction of sp³-hybridized carbons (Fsp3) is 0.533. The van der Waals surface area contributed by atoms with Crippen molar-refractivity contribution in [1.82, 2.24) is 10.2 Å². The molecule has 1 aromatic heterocycles. The Balaban J connectivity index is 1.82. The Morgan fingerprint density at radius 3 is 2.68 bits per heavy atom. The van der Waals surface area contributed by atoms with E-state index in [-0.39, 0.29) is 0 Å². The van der Waals surface area contributed by atoms with Gasteiger partial charge in [-0.2, -0.15) is 5.10 Å². The van der Waals surface area contributed by atoms with E-state index in [9.17, 15) is 0 Å². The first kappa shape index (κ1) is 12.3. The number of anilines is 2. The summed E-state index contributed by atoms with van der Waals surface area (Å²) in [5, 5.41) is 11.7. The Hall–Kier alpha value is -1.71. The van der Waals surface area contributed by atoms with Gasteiger partial charge in [-0.05, 0) is 43.2 Å². The van der Waals surface area contributed by atoms with E-state index in [1.165, 1.54) is 19.3 Å². The van der Waals surface area contributed by atoms with E-state index < -0.39 is 0 Å². The minimum Gasteiger partial charge on any atom is -0.397 e. The third-order valence-corrected chi connectivity index (χ3v) is 4.15. The molecule has 0 amide bonds. The maximum atomic E-state index is 6.13. The van der Waals surface area contributed by atoms with Crippen LogP contribution < -0.4 is 11.1 Å². The van der Waals surface area contributed by atoms with Gasteiger partial charge in [0.2, 0.25) is 0 Å². The van der Waals surface area contributed by atoms with Gasteiger partial charge >= 0.3 is 0 Å². The summed E-state index contributed by atoms with van der Waals surface area (Å²) in [5.74, 6) is 1.58. The lowest BCUT2D eigenvalue weighted by molar-refractivity contribution is 0.281. The van der Waals surface area contributed by atoms with Crippen molar-refractivity contribution in [3.05, 3.63) is 18.3 Å². The molecule has 0 saturated heterocycles. The summed E-state index contributed by atoms with van der Waals surface area (Å²) in [6.07, 6.45) is 5.60. The standard InChI is InChI=1S/C15H22N4/c1-9-3-10(2)5-12(4-9)18-15-7-14-11(6-13(15)16)8-17-19-14/h6-10,12,18H,3-5,16H2,1-2H3,(H,17,19). The highest BCUT2D eigenvalue weighted by Crippen LogP contribution is 2.32. The maximum Gasteiger partial charge on any atom is 0.0672 e. The fourth-order valence-corrected chi connectivity index (χ4v) is 3.42. The first-order valence-electron chi connectivity index (χ1n) is 7.11. The van der Waals surface area contributed by atoms with Crippen LogP contribution in [0.4, 0.5) is 11.4 Å². The van der Waals surface area contributed by atoms with Crippen molar-refractivity contribution in [2.75, 3.05) is 11.1 Å².